The molecule has 1 atom stereocenters. The molecule has 4 nitrogen and oxygen atoms in total. The average Bonchev–Trinajstić information content (AvgIpc) is 2.50. The van der Waals surface area contributed by atoms with Crippen LogP contribution in [-0.4, -0.2) is 17.9 Å². The van der Waals surface area contributed by atoms with E-state index in [1.165, 1.54) is 0 Å². The Balaban J connectivity index is 2.07. The van der Waals surface area contributed by atoms with Crippen molar-refractivity contribution in [1.29, 1.82) is 0 Å². The lowest BCUT2D eigenvalue weighted by Crippen LogP contribution is -2.46. The molecule has 2 amide bonds. The van der Waals surface area contributed by atoms with Gasteiger partial charge in [0.2, 0.25) is 11.8 Å². The Kier molecular flexibility index (Phi) is 5.52. The molecule has 23 heavy (non-hydrogen) atoms. The first-order valence-corrected chi connectivity index (χ1v) is 7.65. The van der Waals surface area contributed by atoms with E-state index in [1.54, 1.807) is 0 Å². The van der Waals surface area contributed by atoms with Gasteiger partial charge >= 0.3 is 0 Å². The quantitative estimate of drug-likeness (QED) is 0.857. The van der Waals surface area contributed by atoms with Crippen molar-refractivity contribution in [2.24, 2.45) is 5.73 Å². The number of carbonyl (C=O) groups excluding carboxylic acids is 2. The van der Waals surface area contributed by atoms with Crippen LogP contribution in [-0.2, 0) is 22.4 Å². The van der Waals surface area contributed by atoms with E-state index in [9.17, 15) is 9.59 Å². The number of nitrogens with two attached hydrogens (primary N) is 1. The zero-order valence-corrected chi connectivity index (χ0v) is 13.5. The Labute approximate surface area is 136 Å². The highest BCUT2D eigenvalue weighted by Gasteiger charge is 2.20. The van der Waals surface area contributed by atoms with E-state index in [2.05, 4.69) is 5.32 Å². The maximum absolute atomic E-state index is 12.2. The summed E-state index contributed by atoms with van der Waals surface area (Å²) in [4.78, 5) is 23.9. The molecule has 2 aromatic rings. The SMILES string of the molecule is Cc1cccc(C)c1C[C@H](NC(=O)Cc1ccccc1)C(N)=O. The number of hydrogen-bond acceptors (Lipinski definition) is 2. The van der Waals surface area contributed by atoms with Gasteiger partial charge in [0.05, 0.1) is 6.42 Å². The van der Waals surface area contributed by atoms with Crippen molar-refractivity contribution in [3.63, 3.8) is 0 Å². The Hall–Kier alpha value is -2.62. The van der Waals surface area contributed by atoms with Crippen molar-refractivity contribution in [3.8, 4) is 0 Å². The van der Waals surface area contributed by atoms with Crippen LogP contribution in [0.5, 0.6) is 0 Å². The molecule has 0 heterocycles. The van der Waals surface area contributed by atoms with Crippen LogP contribution in [0, 0.1) is 13.8 Å². The molecule has 0 radical (unpaired) electrons. The van der Waals surface area contributed by atoms with Crippen molar-refractivity contribution >= 4 is 11.8 Å². The van der Waals surface area contributed by atoms with Crippen LogP contribution in [0.3, 0.4) is 0 Å². The van der Waals surface area contributed by atoms with Crippen molar-refractivity contribution in [1.82, 2.24) is 5.32 Å². The lowest BCUT2D eigenvalue weighted by molar-refractivity contribution is -0.127. The summed E-state index contributed by atoms with van der Waals surface area (Å²) in [5.74, 6) is -0.722. The van der Waals surface area contributed by atoms with Gasteiger partial charge in [-0.3, -0.25) is 9.59 Å². The van der Waals surface area contributed by atoms with Crippen LogP contribution in [0.4, 0.5) is 0 Å². The van der Waals surface area contributed by atoms with E-state index < -0.39 is 11.9 Å². The summed E-state index contributed by atoms with van der Waals surface area (Å²) >= 11 is 0. The summed E-state index contributed by atoms with van der Waals surface area (Å²) in [6.07, 6.45) is 0.645. The fraction of sp³-hybridized carbons (Fsp3) is 0.263. The molecule has 0 saturated heterocycles. The van der Waals surface area contributed by atoms with Crippen LogP contribution in [0.1, 0.15) is 22.3 Å². The van der Waals surface area contributed by atoms with Gasteiger partial charge in [0, 0.05) is 6.42 Å². The summed E-state index contributed by atoms with van der Waals surface area (Å²) < 4.78 is 0. The number of nitrogens with one attached hydrogen (secondary N) is 1. The van der Waals surface area contributed by atoms with Gasteiger partial charge in [0.1, 0.15) is 6.04 Å². The van der Waals surface area contributed by atoms with Gasteiger partial charge in [0.25, 0.3) is 0 Å². The zero-order chi connectivity index (χ0) is 16.8. The lowest BCUT2D eigenvalue weighted by atomic mass is 9.96. The third-order valence-electron chi connectivity index (χ3n) is 3.94. The van der Waals surface area contributed by atoms with Crippen molar-refractivity contribution < 1.29 is 9.59 Å². The second-order valence-corrected chi connectivity index (χ2v) is 5.76. The van der Waals surface area contributed by atoms with Crippen LogP contribution < -0.4 is 11.1 Å². The molecule has 0 aliphatic heterocycles. The number of rotatable bonds is 6. The summed E-state index contributed by atoms with van der Waals surface area (Å²) in [5.41, 5.74) is 9.61. The van der Waals surface area contributed by atoms with Crippen LogP contribution >= 0.6 is 0 Å². The minimum atomic E-state index is -0.703. The molecule has 2 aromatic carbocycles. The second-order valence-electron chi connectivity index (χ2n) is 5.76. The summed E-state index contributed by atoms with van der Waals surface area (Å²) in [5, 5.41) is 2.75. The highest BCUT2D eigenvalue weighted by molar-refractivity contribution is 5.87. The van der Waals surface area contributed by atoms with Gasteiger partial charge < -0.3 is 11.1 Å². The van der Waals surface area contributed by atoms with Crippen LogP contribution in [0.2, 0.25) is 0 Å². The van der Waals surface area contributed by atoms with E-state index in [4.69, 9.17) is 5.73 Å². The average molecular weight is 310 g/mol. The molecule has 0 aliphatic rings. The van der Waals surface area contributed by atoms with Gasteiger partial charge in [-0.05, 0) is 36.1 Å². The van der Waals surface area contributed by atoms with Gasteiger partial charge in [-0.2, -0.15) is 0 Å². The van der Waals surface area contributed by atoms with Gasteiger partial charge in [0.15, 0.2) is 0 Å². The lowest BCUT2D eigenvalue weighted by Gasteiger charge is -2.18. The number of benzene rings is 2. The number of hydrogen-bond donors (Lipinski definition) is 2. The molecule has 0 spiro atoms. The number of aryl methyl sites for hydroxylation is 2. The van der Waals surface area contributed by atoms with E-state index in [0.717, 1.165) is 22.3 Å². The summed E-state index contributed by atoms with van der Waals surface area (Å²) in [6.45, 7) is 3.98. The van der Waals surface area contributed by atoms with E-state index in [-0.39, 0.29) is 12.3 Å². The normalized spacial score (nSPS) is 11.7. The first-order chi connectivity index (χ1) is 11.0. The fourth-order valence-electron chi connectivity index (χ4n) is 2.62. The molecule has 2 rings (SSSR count). The molecule has 0 saturated carbocycles. The highest BCUT2D eigenvalue weighted by Crippen LogP contribution is 2.15. The predicted octanol–water partition coefficient (Wildman–Crippen LogP) is 2.06. The molecule has 0 fully saturated rings. The molecule has 0 aliphatic carbocycles. The number of primary amides is 1. The maximum Gasteiger partial charge on any atom is 0.240 e. The van der Waals surface area contributed by atoms with Crippen LogP contribution in [0.25, 0.3) is 0 Å². The van der Waals surface area contributed by atoms with Crippen LogP contribution in [0.15, 0.2) is 48.5 Å². The molecular formula is C19H22N2O2. The summed E-state index contributed by atoms with van der Waals surface area (Å²) in [6, 6.07) is 14.7. The molecule has 0 aromatic heterocycles. The molecule has 120 valence electrons. The van der Waals surface area contributed by atoms with E-state index >= 15 is 0 Å². The largest absolute Gasteiger partial charge is 0.368 e. The Morgan fingerprint density at radius 3 is 2.17 bits per heavy atom. The number of carbonyl (C=O) groups is 2. The predicted molar refractivity (Wildman–Crippen MR) is 90.9 cm³/mol. The van der Waals surface area contributed by atoms with Crippen molar-refractivity contribution in [3.05, 3.63) is 70.8 Å². The first kappa shape index (κ1) is 16.7. The first-order valence-electron chi connectivity index (χ1n) is 7.65. The zero-order valence-electron chi connectivity index (χ0n) is 13.5. The number of amides is 2. The Bertz CT molecular complexity index is 676. The topological polar surface area (TPSA) is 72.2 Å². The standard InChI is InChI=1S/C19H22N2O2/c1-13-7-6-8-14(2)16(13)12-17(19(20)23)21-18(22)11-15-9-4-3-5-10-15/h3-10,17H,11-12H2,1-2H3,(H2,20,23)(H,21,22)/t17-/m0/s1. The van der Waals surface area contributed by atoms with Gasteiger partial charge in [-0.15, -0.1) is 0 Å². The molecular weight excluding hydrogens is 288 g/mol. The summed E-state index contributed by atoms with van der Waals surface area (Å²) in [7, 11) is 0. The monoisotopic (exact) mass is 310 g/mol. The molecule has 3 N–H and O–H groups in total. The third kappa shape index (κ3) is 4.68. The fourth-order valence-corrected chi connectivity index (χ4v) is 2.62. The Morgan fingerprint density at radius 1 is 1.00 bits per heavy atom. The second kappa shape index (κ2) is 7.58. The minimum Gasteiger partial charge on any atom is -0.368 e. The molecule has 0 unspecified atom stereocenters. The van der Waals surface area contributed by atoms with Crippen molar-refractivity contribution in [2.45, 2.75) is 32.7 Å². The van der Waals surface area contributed by atoms with Gasteiger partial charge in [-0.25, -0.2) is 0 Å². The van der Waals surface area contributed by atoms with Gasteiger partial charge in [-0.1, -0.05) is 48.5 Å². The Morgan fingerprint density at radius 2 is 1.61 bits per heavy atom. The minimum absolute atomic E-state index is 0.203. The van der Waals surface area contributed by atoms with Crippen molar-refractivity contribution in [2.75, 3.05) is 0 Å². The third-order valence-corrected chi connectivity index (χ3v) is 3.94. The van der Waals surface area contributed by atoms with E-state index in [0.29, 0.717) is 6.42 Å². The smallest absolute Gasteiger partial charge is 0.240 e. The highest BCUT2D eigenvalue weighted by atomic mass is 16.2. The molecule has 4 heteroatoms. The molecule has 0 bridgehead atoms. The van der Waals surface area contributed by atoms with E-state index in [1.807, 2.05) is 62.4 Å². The maximum atomic E-state index is 12.2.